The number of hydrogen-bond donors (Lipinski definition) is 0. The molecule has 0 bridgehead atoms. The zero-order valence-electron chi connectivity index (χ0n) is 37.0. The monoisotopic (exact) mass is 858 g/mol. The third-order valence-electron chi connectivity index (χ3n) is 14.6. The lowest BCUT2D eigenvalue weighted by Crippen LogP contribution is -2.18. The smallest absolute Gasteiger partial charge is 0.164 e. The average Bonchev–Trinajstić information content (AvgIpc) is 4.01. The molecule has 14 rings (SSSR count). The number of aromatic nitrogens is 4. The highest BCUT2D eigenvalue weighted by molar-refractivity contribution is 6.16. The quantitative estimate of drug-likeness (QED) is 0.173. The second kappa shape index (κ2) is 14.3. The highest BCUT2D eigenvalue weighted by Crippen LogP contribution is 2.54. The second-order valence-electron chi connectivity index (χ2n) is 18.6. The first kappa shape index (κ1) is 37.9. The number of benzene rings is 8. The first-order chi connectivity index (χ1) is 33.0. The third-order valence-corrected chi connectivity index (χ3v) is 14.6. The molecule has 0 N–H and O–H groups in total. The van der Waals surface area contributed by atoms with E-state index in [1.54, 1.807) is 0 Å². The standard InChI is InChI=1S/C62H42N4O/c1-62(2)51-36-54-50(35-49(51)45-30-29-38-19-9-10-22-40(38)57(45)62)44-25-13-15-27-52(44)66(54)53-34-33-46(42-23-11-12-24-43(42)53)60-63-59(39-20-7-4-8-21-39)64-61(65-60)48-32-31-41(37-17-5-3-6-18-37)58-56(48)47-26-14-16-28-55(47)67-58/h3-22,24-36,42H,23H2,1-2H3. The van der Waals surface area contributed by atoms with Crippen LogP contribution in [0.25, 0.3) is 111 Å². The molecule has 0 spiro atoms. The van der Waals surface area contributed by atoms with Gasteiger partial charge in [0.15, 0.2) is 17.5 Å². The van der Waals surface area contributed by atoms with Crippen molar-refractivity contribution in [3.8, 4) is 45.0 Å². The fourth-order valence-electron chi connectivity index (χ4n) is 11.5. The normalized spacial score (nSPS) is 16.0. The Labute approximate surface area is 387 Å². The Balaban J connectivity index is 0.977. The zero-order chi connectivity index (χ0) is 44.4. The Bertz CT molecular complexity index is 4030. The van der Waals surface area contributed by atoms with E-state index in [2.05, 4.69) is 182 Å². The predicted octanol–water partition coefficient (Wildman–Crippen LogP) is 15.8. The van der Waals surface area contributed by atoms with E-state index in [4.69, 9.17) is 19.4 Å². The van der Waals surface area contributed by atoms with Crippen LogP contribution >= 0.6 is 0 Å². The largest absolute Gasteiger partial charge is 0.455 e. The molecule has 11 aromatic rings. The Morgan fingerprint density at radius 3 is 2.06 bits per heavy atom. The first-order valence-corrected chi connectivity index (χ1v) is 23.2. The van der Waals surface area contributed by atoms with E-state index in [0.717, 1.165) is 56.2 Å². The van der Waals surface area contributed by atoms with E-state index < -0.39 is 0 Å². The van der Waals surface area contributed by atoms with Gasteiger partial charge in [0.05, 0.1) is 16.7 Å². The molecule has 1 unspecified atom stereocenters. The number of furan rings is 1. The predicted molar refractivity (Wildman–Crippen MR) is 276 cm³/mol. The molecule has 0 saturated carbocycles. The van der Waals surface area contributed by atoms with Crippen LogP contribution in [0.5, 0.6) is 0 Å². The molecular weight excluding hydrogens is 817 g/mol. The van der Waals surface area contributed by atoms with Crippen LogP contribution in [0.4, 0.5) is 0 Å². The minimum atomic E-state index is -0.187. The van der Waals surface area contributed by atoms with Gasteiger partial charge in [-0.05, 0) is 93.1 Å². The first-order valence-electron chi connectivity index (χ1n) is 23.2. The van der Waals surface area contributed by atoms with E-state index >= 15 is 0 Å². The fourth-order valence-corrected chi connectivity index (χ4v) is 11.5. The van der Waals surface area contributed by atoms with Crippen LogP contribution in [0.15, 0.2) is 210 Å². The number of nitrogens with zero attached hydrogens (tertiary/aromatic N) is 4. The van der Waals surface area contributed by atoms with Gasteiger partial charge in [-0.2, -0.15) is 0 Å². The summed E-state index contributed by atoms with van der Waals surface area (Å²) in [5.74, 6) is 1.93. The van der Waals surface area contributed by atoms with Crippen LogP contribution in [-0.2, 0) is 5.41 Å². The average molecular weight is 859 g/mol. The molecule has 1 atom stereocenters. The number of fused-ring (bicyclic) bond motifs is 12. The summed E-state index contributed by atoms with van der Waals surface area (Å²) in [6, 6.07) is 60.6. The van der Waals surface area contributed by atoms with Crippen molar-refractivity contribution >= 4 is 65.8 Å². The Kier molecular flexibility index (Phi) is 8.09. The summed E-state index contributed by atoms with van der Waals surface area (Å²) in [6.45, 7) is 4.79. The van der Waals surface area contributed by atoms with Gasteiger partial charge in [-0.3, -0.25) is 0 Å². The molecule has 0 aliphatic heterocycles. The lowest BCUT2D eigenvalue weighted by molar-refractivity contribution is 0.667. The van der Waals surface area contributed by atoms with E-state index in [-0.39, 0.29) is 11.3 Å². The minimum Gasteiger partial charge on any atom is -0.455 e. The topological polar surface area (TPSA) is 56.7 Å². The van der Waals surface area contributed by atoms with Crippen LogP contribution in [-0.4, -0.2) is 19.5 Å². The minimum absolute atomic E-state index is 0.0109. The zero-order valence-corrected chi connectivity index (χ0v) is 37.0. The summed E-state index contributed by atoms with van der Waals surface area (Å²) < 4.78 is 9.21. The summed E-state index contributed by atoms with van der Waals surface area (Å²) >= 11 is 0. The molecule has 5 heteroatoms. The Morgan fingerprint density at radius 1 is 0.522 bits per heavy atom. The molecule has 67 heavy (non-hydrogen) atoms. The molecule has 3 aromatic heterocycles. The lowest BCUT2D eigenvalue weighted by atomic mass is 9.79. The number of rotatable bonds is 5. The van der Waals surface area contributed by atoms with Crippen LogP contribution in [0.2, 0.25) is 0 Å². The molecule has 3 heterocycles. The highest BCUT2D eigenvalue weighted by atomic mass is 16.3. The highest BCUT2D eigenvalue weighted by Gasteiger charge is 2.38. The van der Waals surface area contributed by atoms with Gasteiger partial charge in [0.25, 0.3) is 0 Å². The van der Waals surface area contributed by atoms with Crippen LogP contribution in [0, 0.1) is 5.92 Å². The van der Waals surface area contributed by atoms with Crippen LogP contribution in [0.3, 0.4) is 0 Å². The van der Waals surface area contributed by atoms with Gasteiger partial charge in [-0.25, -0.2) is 15.0 Å². The molecule has 8 aromatic carbocycles. The van der Waals surface area contributed by atoms with E-state index in [1.807, 2.05) is 36.4 Å². The lowest BCUT2D eigenvalue weighted by Gasteiger charge is -2.30. The summed E-state index contributed by atoms with van der Waals surface area (Å²) in [5.41, 5.74) is 16.7. The SMILES string of the molecule is CC1(C)c2cc3c(cc2-c2ccc4ccccc4c21)c1ccccc1n3C1=CC=C(c2nc(-c3ccccc3)nc(-c3ccc(-c4ccccc4)c4oc5ccccc5c34)n2)C2CC=CC=C12. The maximum atomic E-state index is 6.70. The molecule has 5 nitrogen and oxygen atoms in total. The number of para-hydroxylation sites is 2. The number of allylic oxidation sites excluding steroid dienone is 8. The summed E-state index contributed by atoms with van der Waals surface area (Å²) in [5, 5.41) is 7.14. The Morgan fingerprint density at radius 2 is 1.21 bits per heavy atom. The summed E-state index contributed by atoms with van der Waals surface area (Å²) in [6.07, 6.45) is 12.2. The third kappa shape index (κ3) is 5.58. The van der Waals surface area contributed by atoms with E-state index in [9.17, 15) is 0 Å². The van der Waals surface area contributed by atoms with E-state index in [1.165, 1.54) is 66.1 Å². The molecule has 3 aliphatic carbocycles. The second-order valence-corrected chi connectivity index (χ2v) is 18.6. The Hall–Kier alpha value is -8.41. The molecular formula is C62H42N4O. The summed E-state index contributed by atoms with van der Waals surface area (Å²) in [4.78, 5) is 16.0. The van der Waals surface area contributed by atoms with Gasteiger partial charge >= 0.3 is 0 Å². The van der Waals surface area contributed by atoms with Crippen LogP contribution in [0.1, 0.15) is 37.2 Å². The molecule has 0 radical (unpaired) electrons. The maximum Gasteiger partial charge on any atom is 0.164 e. The van der Waals surface area contributed by atoms with Crippen molar-refractivity contribution in [3.05, 3.63) is 223 Å². The van der Waals surface area contributed by atoms with Crippen molar-refractivity contribution in [1.29, 1.82) is 0 Å². The molecule has 0 fully saturated rings. The maximum absolute atomic E-state index is 6.70. The van der Waals surface area contributed by atoms with Crippen molar-refractivity contribution < 1.29 is 4.42 Å². The van der Waals surface area contributed by atoms with E-state index in [0.29, 0.717) is 17.5 Å². The molecule has 0 saturated heterocycles. The van der Waals surface area contributed by atoms with Gasteiger partial charge in [0.2, 0.25) is 0 Å². The van der Waals surface area contributed by atoms with Crippen LogP contribution < -0.4 is 0 Å². The van der Waals surface area contributed by atoms with Gasteiger partial charge < -0.3 is 8.98 Å². The van der Waals surface area contributed by atoms with Gasteiger partial charge in [0.1, 0.15) is 11.2 Å². The van der Waals surface area contributed by atoms with Gasteiger partial charge in [0, 0.05) is 55.1 Å². The number of hydrogen-bond acceptors (Lipinski definition) is 4. The van der Waals surface area contributed by atoms with Gasteiger partial charge in [-0.15, -0.1) is 0 Å². The van der Waals surface area contributed by atoms with Crippen molar-refractivity contribution in [2.45, 2.75) is 25.7 Å². The van der Waals surface area contributed by atoms with Crippen molar-refractivity contribution in [3.63, 3.8) is 0 Å². The van der Waals surface area contributed by atoms with Gasteiger partial charge in [-0.1, -0.05) is 172 Å². The van der Waals surface area contributed by atoms with Crippen molar-refractivity contribution in [2.24, 2.45) is 5.92 Å². The molecule has 316 valence electrons. The molecule has 0 amide bonds. The fraction of sp³-hybridized carbons (Fsp3) is 0.0806. The molecule has 3 aliphatic rings. The summed E-state index contributed by atoms with van der Waals surface area (Å²) in [7, 11) is 0. The van der Waals surface area contributed by atoms with Crippen molar-refractivity contribution in [2.75, 3.05) is 0 Å². The van der Waals surface area contributed by atoms with Crippen molar-refractivity contribution in [1.82, 2.24) is 19.5 Å².